The van der Waals surface area contributed by atoms with E-state index >= 15 is 0 Å². The first-order valence-electron chi connectivity index (χ1n) is 12.2. The van der Waals surface area contributed by atoms with Crippen LogP contribution in [0.2, 0.25) is 0 Å². The second kappa shape index (κ2) is 10.8. The third-order valence-corrected chi connectivity index (χ3v) is 6.52. The maximum absolute atomic E-state index is 13.0. The molecular formula is C28H29N3O5. The van der Waals surface area contributed by atoms with Gasteiger partial charge in [0.2, 0.25) is 0 Å². The highest BCUT2D eigenvalue weighted by Crippen LogP contribution is 2.25. The van der Waals surface area contributed by atoms with Crippen LogP contribution in [-0.2, 0) is 30.7 Å². The molecule has 1 aliphatic rings. The molecule has 4 aromatic rings. The molecule has 0 atom stereocenters. The summed E-state index contributed by atoms with van der Waals surface area (Å²) in [6, 6.07) is 15.3. The Kier molecular flexibility index (Phi) is 7.13. The highest BCUT2D eigenvalue weighted by atomic mass is 16.5. The SMILES string of the molecule is COC(=O)c1c(OCCCc2cccnc2)cc(=O)n2c1CCN(Cc1cc3ccccc3o1)CC2. The smallest absolute Gasteiger partial charge is 0.343 e. The largest absolute Gasteiger partial charge is 0.492 e. The minimum absolute atomic E-state index is 0.175. The first-order valence-corrected chi connectivity index (χ1v) is 12.2. The number of carbonyl (C=O) groups excluding carboxylic acids is 1. The number of furan rings is 1. The number of fused-ring (bicyclic) bond motifs is 2. The molecule has 0 fully saturated rings. The Labute approximate surface area is 209 Å². The van der Waals surface area contributed by atoms with Crippen molar-refractivity contribution >= 4 is 16.9 Å². The first kappa shape index (κ1) is 23.8. The number of benzene rings is 1. The molecule has 0 radical (unpaired) electrons. The highest BCUT2D eigenvalue weighted by molar-refractivity contribution is 5.93. The minimum Gasteiger partial charge on any atom is -0.492 e. The number of carbonyl (C=O) groups is 1. The second-order valence-corrected chi connectivity index (χ2v) is 8.90. The molecule has 3 aromatic heterocycles. The van der Waals surface area contributed by atoms with Gasteiger partial charge in [0.15, 0.2) is 0 Å². The maximum Gasteiger partial charge on any atom is 0.343 e. The molecule has 5 rings (SSSR count). The minimum atomic E-state index is -0.494. The number of aromatic nitrogens is 2. The van der Waals surface area contributed by atoms with Gasteiger partial charge in [-0.05, 0) is 36.6 Å². The van der Waals surface area contributed by atoms with Crippen LogP contribution in [0.4, 0.5) is 0 Å². The lowest BCUT2D eigenvalue weighted by molar-refractivity contribution is 0.0593. The van der Waals surface area contributed by atoms with Crippen LogP contribution in [0.25, 0.3) is 11.0 Å². The molecule has 0 N–H and O–H groups in total. The Balaban J connectivity index is 1.32. The van der Waals surface area contributed by atoms with Gasteiger partial charge in [0, 0.05) is 55.6 Å². The molecule has 0 amide bonds. The molecule has 36 heavy (non-hydrogen) atoms. The van der Waals surface area contributed by atoms with Crippen LogP contribution in [-0.4, -0.2) is 47.2 Å². The summed E-state index contributed by atoms with van der Waals surface area (Å²) >= 11 is 0. The molecular weight excluding hydrogens is 458 g/mol. The van der Waals surface area contributed by atoms with E-state index in [9.17, 15) is 9.59 Å². The molecule has 0 saturated carbocycles. The van der Waals surface area contributed by atoms with Crippen molar-refractivity contribution in [1.82, 2.24) is 14.5 Å². The number of methoxy groups -OCH3 is 1. The zero-order chi connectivity index (χ0) is 24.9. The number of rotatable bonds is 8. The average molecular weight is 488 g/mol. The van der Waals surface area contributed by atoms with Gasteiger partial charge in [-0.1, -0.05) is 24.3 Å². The zero-order valence-electron chi connectivity index (χ0n) is 20.3. The fraction of sp³-hybridized carbons (Fsp3) is 0.321. The molecule has 0 saturated heterocycles. The molecule has 8 nitrogen and oxygen atoms in total. The highest BCUT2D eigenvalue weighted by Gasteiger charge is 2.26. The van der Waals surface area contributed by atoms with Crippen LogP contribution in [0, 0.1) is 0 Å². The van der Waals surface area contributed by atoms with E-state index in [0.717, 1.165) is 35.1 Å². The number of ether oxygens (including phenoxy) is 2. The van der Waals surface area contributed by atoms with Crippen LogP contribution in [0.1, 0.15) is 33.8 Å². The third kappa shape index (κ3) is 5.18. The van der Waals surface area contributed by atoms with Gasteiger partial charge >= 0.3 is 5.97 Å². The molecule has 4 heterocycles. The lowest BCUT2D eigenvalue weighted by Crippen LogP contribution is -2.29. The van der Waals surface area contributed by atoms with Crippen molar-refractivity contribution in [3.05, 3.63) is 93.9 Å². The van der Waals surface area contributed by atoms with Crippen LogP contribution in [0.3, 0.4) is 0 Å². The molecule has 0 aliphatic carbocycles. The van der Waals surface area contributed by atoms with Gasteiger partial charge in [-0.3, -0.25) is 14.7 Å². The van der Waals surface area contributed by atoms with Crippen molar-refractivity contribution in [3.63, 3.8) is 0 Å². The van der Waals surface area contributed by atoms with E-state index in [2.05, 4.69) is 16.0 Å². The number of nitrogens with zero attached hydrogens (tertiary/aromatic N) is 3. The van der Waals surface area contributed by atoms with Gasteiger partial charge in [-0.2, -0.15) is 0 Å². The number of para-hydroxylation sites is 1. The summed E-state index contributed by atoms with van der Waals surface area (Å²) in [5.74, 6) is 0.669. The van der Waals surface area contributed by atoms with Crippen LogP contribution in [0.15, 0.2) is 70.1 Å². The first-order chi connectivity index (χ1) is 17.6. The number of esters is 1. The molecule has 186 valence electrons. The fourth-order valence-electron chi connectivity index (χ4n) is 4.73. The van der Waals surface area contributed by atoms with Crippen molar-refractivity contribution < 1.29 is 18.7 Å². The predicted molar refractivity (Wildman–Crippen MR) is 135 cm³/mol. The van der Waals surface area contributed by atoms with E-state index in [1.165, 1.54) is 13.2 Å². The second-order valence-electron chi connectivity index (χ2n) is 8.90. The van der Waals surface area contributed by atoms with E-state index < -0.39 is 5.97 Å². The van der Waals surface area contributed by atoms with Crippen molar-refractivity contribution in [3.8, 4) is 5.75 Å². The number of hydrogen-bond acceptors (Lipinski definition) is 7. The quantitative estimate of drug-likeness (QED) is 0.276. The maximum atomic E-state index is 13.0. The topological polar surface area (TPSA) is 86.8 Å². The molecule has 1 aromatic carbocycles. The van der Waals surface area contributed by atoms with E-state index in [4.69, 9.17) is 13.9 Å². The van der Waals surface area contributed by atoms with Gasteiger partial charge in [-0.15, -0.1) is 0 Å². The van der Waals surface area contributed by atoms with E-state index in [0.29, 0.717) is 50.5 Å². The Hall–Kier alpha value is -3.91. The third-order valence-electron chi connectivity index (χ3n) is 6.52. The van der Waals surface area contributed by atoms with Crippen LogP contribution < -0.4 is 10.3 Å². The van der Waals surface area contributed by atoms with Gasteiger partial charge < -0.3 is 18.5 Å². The summed E-state index contributed by atoms with van der Waals surface area (Å²) in [4.78, 5) is 32.2. The fourth-order valence-corrected chi connectivity index (χ4v) is 4.73. The molecule has 0 bridgehead atoms. The van der Waals surface area contributed by atoms with Gasteiger partial charge in [0.25, 0.3) is 5.56 Å². The molecule has 8 heteroatoms. The number of pyridine rings is 2. The normalized spacial score (nSPS) is 13.8. The summed E-state index contributed by atoms with van der Waals surface area (Å²) in [6.45, 7) is 2.81. The Morgan fingerprint density at radius 2 is 2.00 bits per heavy atom. The molecule has 0 spiro atoms. The summed E-state index contributed by atoms with van der Waals surface area (Å²) < 4.78 is 18.7. The predicted octanol–water partition coefficient (Wildman–Crippen LogP) is 3.85. The van der Waals surface area contributed by atoms with E-state index in [1.54, 1.807) is 10.8 Å². The monoisotopic (exact) mass is 487 g/mol. The lowest BCUT2D eigenvalue weighted by Gasteiger charge is -2.17. The summed E-state index contributed by atoms with van der Waals surface area (Å²) in [5.41, 5.74) is 2.79. The Morgan fingerprint density at radius 3 is 2.81 bits per heavy atom. The van der Waals surface area contributed by atoms with Gasteiger partial charge in [0.05, 0.1) is 20.3 Å². The standard InChI is InChI=1S/C28H29N3O5/c1-34-28(33)27-23-10-12-30(19-22-16-21-8-2-3-9-24(21)36-22)13-14-31(23)26(32)17-25(27)35-15-5-7-20-6-4-11-29-18-20/h2-4,6,8-9,11,16-18H,5,7,10,12-15,19H2,1H3. The van der Waals surface area contributed by atoms with Gasteiger partial charge in [-0.25, -0.2) is 4.79 Å². The van der Waals surface area contributed by atoms with Crippen molar-refractivity contribution in [2.45, 2.75) is 32.4 Å². The van der Waals surface area contributed by atoms with E-state index in [1.807, 2.05) is 42.6 Å². The number of aryl methyl sites for hydroxylation is 1. The molecule has 0 unspecified atom stereocenters. The average Bonchev–Trinajstić information content (AvgIpc) is 3.19. The lowest BCUT2D eigenvalue weighted by atomic mass is 10.1. The Bertz CT molecular complexity index is 1380. The van der Waals surface area contributed by atoms with Crippen LogP contribution in [0.5, 0.6) is 5.75 Å². The number of hydrogen-bond donors (Lipinski definition) is 0. The zero-order valence-corrected chi connectivity index (χ0v) is 20.3. The summed E-state index contributed by atoms with van der Waals surface area (Å²) in [6.07, 6.45) is 5.61. The van der Waals surface area contributed by atoms with Crippen molar-refractivity contribution in [1.29, 1.82) is 0 Å². The summed E-state index contributed by atoms with van der Waals surface area (Å²) in [5, 5.41) is 1.07. The van der Waals surface area contributed by atoms with Crippen molar-refractivity contribution in [2.75, 3.05) is 26.8 Å². The summed E-state index contributed by atoms with van der Waals surface area (Å²) in [7, 11) is 1.35. The van der Waals surface area contributed by atoms with Crippen LogP contribution >= 0.6 is 0 Å². The van der Waals surface area contributed by atoms with Gasteiger partial charge in [0.1, 0.15) is 22.7 Å². The Morgan fingerprint density at radius 1 is 1.11 bits per heavy atom. The van der Waals surface area contributed by atoms with Crippen molar-refractivity contribution in [2.24, 2.45) is 0 Å². The molecule has 1 aliphatic heterocycles. The van der Waals surface area contributed by atoms with E-state index in [-0.39, 0.29) is 11.3 Å².